The summed E-state index contributed by atoms with van der Waals surface area (Å²) in [5.41, 5.74) is -5.40. The molecule has 3 aliphatic carbocycles. The molecule has 0 saturated heterocycles. The van der Waals surface area contributed by atoms with E-state index in [9.17, 15) is 39.3 Å². The van der Waals surface area contributed by atoms with Crippen molar-refractivity contribution < 1.29 is 39.3 Å². The summed E-state index contributed by atoms with van der Waals surface area (Å²) in [5, 5.41) is 35.7. The van der Waals surface area contributed by atoms with Crippen molar-refractivity contribution in [3.63, 3.8) is 0 Å². The molecule has 41 heavy (non-hydrogen) atoms. The molecule has 0 amide bonds. The molecule has 3 aliphatic rings. The van der Waals surface area contributed by atoms with Gasteiger partial charge in [-0.1, -0.05) is 67.5 Å². The van der Waals surface area contributed by atoms with Gasteiger partial charge in [0.2, 0.25) is 0 Å². The van der Waals surface area contributed by atoms with Crippen LogP contribution in [0.1, 0.15) is 103 Å². The summed E-state index contributed by atoms with van der Waals surface area (Å²) in [5.74, 6) is -10.9. The average Bonchev–Trinajstić information content (AvgIpc) is 2.84. The number of phenolic OH excluding ortho intramolecular Hbond substituents is 1. The predicted octanol–water partition coefficient (Wildman–Crippen LogP) is 3.99. The van der Waals surface area contributed by atoms with E-state index in [4.69, 9.17) is 0 Å². The van der Waals surface area contributed by atoms with E-state index in [1.807, 2.05) is 0 Å². The fraction of sp³-hybridized carbons (Fsp3) is 0.667. The Bertz CT molecular complexity index is 1350. The molecule has 0 bridgehead atoms. The number of aliphatic hydroxyl groups excluding tert-OH is 1. The molecule has 1 aromatic rings. The molecule has 0 radical (unpaired) electrons. The first-order valence-corrected chi connectivity index (χ1v) is 14.6. The maximum absolute atomic E-state index is 14.5. The van der Waals surface area contributed by atoms with Crippen LogP contribution in [-0.2, 0) is 25.6 Å². The number of carbonyl (C=O) groups excluding carboxylic acids is 5. The minimum Gasteiger partial charge on any atom is -0.507 e. The number of ketones is 5. The topological polar surface area (TPSA) is 146 Å². The smallest absolute Gasteiger partial charge is 0.191 e. The Morgan fingerprint density at radius 2 is 1.63 bits per heavy atom. The Hall–Kier alpha value is -2.71. The minimum absolute atomic E-state index is 0.0381. The molecule has 8 nitrogen and oxygen atoms in total. The molecule has 2 saturated carbocycles. The number of benzene rings is 1. The van der Waals surface area contributed by atoms with Gasteiger partial charge in [-0.05, 0) is 54.6 Å². The number of carbonyl (C=O) groups is 5. The van der Waals surface area contributed by atoms with Gasteiger partial charge in [-0.15, -0.1) is 0 Å². The second-order valence-corrected chi connectivity index (χ2v) is 14.6. The quantitative estimate of drug-likeness (QED) is 0.452. The second-order valence-electron chi connectivity index (χ2n) is 14.6. The fourth-order valence-electron chi connectivity index (χ4n) is 8.41. The molecule has 8 heteroatoms. The van der Waals surface area contributed by atoms with Crippen molar-refractivity contribution in [3.05, 3.63) is 28.8 Å². The van der Waals surface area contributed by atoms with E-state index in [1.165, 1.54) is 6.92 Å². The largest absolute Gasteiger partial charge is 0.507 e. The van der Waals surface area contributed by atoms with Crippen LogP contribution in [0.4, 0.5) is 0 Å². The van der Waals surface area contributed by atoms with Crippen LogP contribution in [0, 0.1) is 39.9 Å². The second kappa shape index (κ2) is 9.66. The number of Topliss-reactive ketones (excluding diaryl/α,β-unsaturated/α-hetero) is 5. The van der Waals surface area contributed by atoms with Gasteiger partial charge in [0, 0.05) is 16.7 Å². The molecule has 1 aromatic carbocycles. The lowest BCUT2D eigenvalue weighted by Crippen LogP contribution is -2.81. The van der Waals surface area contributed by atoms with Crippen molar-refractivity contribution >= 4 is 28.9 Å². The molecule has 3 unspecified atom stereocenters. The van der Waals surface area contributed by atoms with Gasteiger partial charge in [0.05, 0.1) is 17.6 Å². The lowest BCUT2D eigenvalue weighted by atomic mass is 9.37. The van der Waals surface area contributed by atoms with E-state index in [1.54, 1.807) is 39.8 Å². The third-order valence-electron chi connectivity index (χ3n) is 10.7. The molecule has 8 atom stereocenters. The normalized spacial score (nSPS) is 37.1. The van der Waals surface area contributed by atoms with Crippen molar-refractivity contribution in [1.29, 1.82) is 0 Å². The summed E-state index contributed by atoms with van der Waals surface area (Å²) in [6, 6.07) is 3.51. The van der Waals surface area contributed by atoms with Gasteiger partial charge in [-0.2, -0.15) is 0 Å². The van der Waals surface area contributed by atoms with E-state index < -0.39 is 81.0 Å². The zero-order valence-electron chi connectivity index (χ0n) is 25.6. The highest BCUT2D eigenvalue weighted by molar-refractivity contribution is 6.32. The zero-order chi connectivity index (χ0) is 31.2. The molecule has 4 rings (SSSR count). The van der Waals surface area contributed by atoms with Crippen LogP contribution in [0.3, 0.4) is 0 Å². The van der Waals surface area contributed by atoms with Crippen LogP contribution in [0.25, 0.3) is 0 Å². The van der Waals surface area contributed by atoms with Gasteiger partial charge < -0.3 is 15.3 Å². The van der Waals surface area contributed by atoms with Crippen LogP contribution in [0.2, 0.25) is 0 Å². The van der Waals surface area contributed by atoms with Gasteiger partial charge in [-0.3, -0.25) is 24.0 Å². The zero-order valence-corrected chi connectivity index (χ0v) is 25.6. The number of phenols is 1. The number of hydrogen-bond acceptors (Lipinski definition) is 8. The summed E-state index contributed by atoms with van der Waals surface area (Å²) >= 11 is 0. The summed E-state index contributed by atoms with van der Waals surface area (Å²) in [6.07, 6.45) is 0.508. The van der Waals surface area contributed by atoms with Crippen molar-refractivity contribution in [1.82, 2.24) is 0 Å². The predicted molar refractivity (Wildman–Crippen MR) is 151 cm³/mol. The SMILES string of the molecule is CC(=O)C1C(=O)C(C(C)C)[C@@]2(C)[C@H](O)[C@]3(C)C(C(=O)c4c(ccc(CCCC(C)(C)C)c4O)[C@H]3C)C(=O)[C@@]2(O)C1=O. The number of hydrogen-bond donors (Lipinski definition) is 3. The number of aliphatic hydroxyl groups is 2. The van der Waals surface area contributed by atoms with Crippen molar-refractivity contribution in [3.8, 4) is 5.75 Å². The van der Waals surface area contributed by atoms with Crippen LogP contribution in [0.15, 0.2) is 12.1 Å². The van der Waals surface area contributed by atoms with Crippen LogP contribution >= 0.6 is 0 Å². The summed E-state index contributed by atoms with van der Waals surface area (Å²) in [6.45, 7) is 15.4. The Morgan fingerprint density at radius 3 is 2.15 bits per heavy atom. The first-order valence-electron chi connectivity index (χ1n) is 14.6. The molecular formula is C33H44O8. The number of fused-ring (bicyclic) bond motifs is 3. The summed E-state index contributed by atoms with van der Waals surface area (Å²) < 4.78 is 0. The highest BCUT2D eigenvalue weighted by atomic mass is 16.3. The highest BCUT2D eigenvalue weighted by Gasteiger charge is 2.80. The van der Waals surface area contributed by atoms with Crippen molar-refractivity contribution in [2.75, 3.05) is 0 Å². The minimum atomic E-state index is -2.96. The third-order valence-corrected chi connectivity index (χ3v) is 10.7. The Morgan fingerprint density at radius 1 is 1.05 bits per heavy atom. The molecule has 0 heterocycles. The molecule has 0 aromatic heterocycles. The lowest BCUT2D eigenvalue weighted by molar-refractivity contribution is -0.240. The standard InChI is InChI=1S/C33H44O8/c1-15(2)22-25(36)20(17(4)34)27(38)33(41)28(39)23-26(37)21-19(16(3)31(23,8)29(40)32(22,33)9)13-12-18(24(21)35)11-10-14-30(5,6)7/h12-13,15-16,20,22-23,29,35,40-41H,10-11,14H2,1-9H3/t16-,20?,22?,23?,29-,31+,32+,33+/m1/s1. The van der Waals surface area contributed by atoms with Crippen LogP contribution in [-0.4, -0.2) is 55.9 Å². The maximum Gasteiger partial charge on any atom is 0.191 e. The molecule has 2 fully saturated rings. The summed E-state index contributed by atoms with van der Waals surface area (Å²) in [4.78, 5) is 68.7. The molecule has 224 valence electrons. The van der Waals surface area contributed by atoms with Gasteiger partial charge in [0.1, 0.15) is 17.5 Å². The monoisotopic (exact) mass is 568 g/mol. The Balaban J connectivity index is 1.93. The van der Waals surface area contributed by atoms with E-state index >= 15 is 0 Å². The first kappa shape index (κ1) is 31.2. The lowest BCUT2D eigenvalue weighted by Gasteiger charge is -2.65. The number of rotatable bonds is 5. The van der Waals surface area contributed by atoms with Gasteiger partial charge in [0.15, 0.2) is 28.7 Å². The highest BCUT2D eigenvalue weighted by Crippen LogP contribution is 2.66. The van der Waals surface area contributed by atoms with E-state index in [0.29, 0.717) is 17.5 Å². The first-order chi connectivity index (χ1) is 18.7. The van der Waals surface area contributed by atoms with E-state index in [0.717, 1.165) is 19.8 Å². The Kier molecular flexibility index (Phi) is 7.36. The van der Waals surface area contributed by atoms with E-state index in [-0.39, 0.29) is 16.7 Å². The van der Waals surface area contributed by atoms with Crippen LogP contribution in [0.5, 0.6) is 5.75 Å². The molecule has 0 spiro atoms. The maximum atomic E-state index is 14.5. The summed E-state index contributed by atoms with van der Waals surface area (Å²) in [7, 11) is 0. The fourth-order valence-corrected chi connectivity index (χ4v) is 8.41. The third kappa shape index (κ3) is 3.96. The van der Waals surface area contributed by atoms with E-state index in [2.05, 4.69) is 20.8 Å². The number of aryl methyl sites for hydroxylation is 1. The van der Waals surface area contributed by atoms with Crippen molar-refractivity contribution in [2.45, 2.75) is 99.2 Å². The molecule has 0 aliphatic heterocycles. The molecular weight excluding hydrogens is 524 g/mol. The molecule has 3 N–H and O–H groups in total. The van der Waals surface area contributed by atoms with Gasteiger partial charge >= 0.3 is 0 Å². The van der Waals surface area contributed by atoms with Crippen molar-refractivity contribution in [2.24, 2.45) is 39.9 Å². The van der Waals surface area contributed by atoms with Gasteiger partial charge in [-0.25, -0.2) is 0 Å². The van der Waals surface area contributed by atoms with Crippen LogP contribution < -0.4 is 0 Å². The Labute approximate surface area is 241 Å². The average molecular weight is 569 g/mol. The van der Waals surface area contributed by atoms with Gasteiger partial charge in [0.25, 0.3) is 0 Å². The number of aromatic hydroxyl groups is 1.